The van der Waals surface area contributed by atoms with Crippen molar-refractivity contribution in [1.82, 2.24) is 5.32 Å². The third-order valence-corrected chi connectivity index (χ3v) is 3.86. The summed E-state index contributed by atoms with van der Waals surface area (Å²) in [5.41, 5.74) is 1.94. The Labute approximate surface area is 113 Å². The van der Waals surface area contributed by atoms with E-state index in [9.17, 15) is 10.1 Å². The first-order chi connectivity index (χ1) is 9.11. The maximum atomic E-state index is 11.2. The molecular weight excluding hydrogens is 242 g/mol. The van der Waals surface area contributed by atoms with Crippen LogP contribution >= 0.6 is 0 Å². The number of aryl methyl sites for hydroxylation is 1. The van der Waals surface area contributed by atoms with Crippen LogP contribution in [0, 0.1) is 17.0 Å². The molecule has 5 nitrogen and oxygen atoms in total. The van der Waals surface area contributed by atoms with Gasteiger partial charge >= 0.3 is 0 Å². The van der Waals surface area contributed by atoms with E-state index < -0.39 is 0 Å². The maximum Gasteiger partial charge on any atom is 0.292 e. The second-order valence-corrected chi connectivity index (χ2v) is 5.15. The summed E-state index contributed by atoms with van der Waals surface area (Å²) in [7, 11) is 1.98. The summed E-state index contributed by atoms with van der Waals surface area (Å²) in [5, 5.41) is 14.6. The predicted octanol–water partition coefficient (Wildman–Crippen LogP) is 2.48. The number of hydrogen-bond acceptors (Lipinski definition) is 4. The summed E-state index contributed by atoms with van der Waals surface area (Å²) in [6.45, 7) is 3.96. The molecule has 1 unspecified atom stereocenters. The lowest BCUT2D eigenvalue weighted by atomic mass is 10.0. The van der Waals surface area contributed by atoms with Gasteiger partial charge in [-0.25, -0.2) is 0 Å². The van der Waals surface area contributed by atoms with Gasteiger partial charge in [0.15, 0.2) is 0 Å². The highest BCUT2D eigenvalue weighted by atomic mass is 16.6. The topological polar surface area (TPSA) is 58.4 Å². The van der Waals surface area contributed by atoms with Crippen molar-refractivity contribution in [2.24, 2.45) is 0 Å². The molecule has 0 bridgehead atoms. The number of nitrogens with one attached hydrogen (secondary N) is 1. The van der Waals surface area contributed by atoms with Crippen LogP contribution < -0.4 is 10.2 Å². The Bertz CT molecular complexity index is 454. The molecule has 5 heteroatoms. The molecule has 0 radical (unpaired) electrons. The summed E-state index contributed by atoms with van der Waals surface area (Å²) in [5.74, 6) is 0. The second kappa shape index (κ2) is 6.02. The predicted molar refractivity (Wildman–Crippen MR) is 76.7 cm³/mol. The molecule has 1 aromatic rings. The third kappa shape index (κ3) is 3.04. The average Bonchev–Trinajstić information content (AvgIpc) is 2.66. The molecule has 0 aromatic heterocycles. The second-order valence-electron chi connectivity index (χ2n) is 5.15. The zero-order valence-corrected chi connectivity index (χ0v) is 11.6. The lowest BCUT2D eigenvalue weighted by molar-refractivity contribution is -0.384. The van der Waals surface area contributed by atoms with Gasteiger partial charge in [0.1, 0.15) is 5.69 Å². The zero-order chi connectivity index (χ0) is 13.8. The number of benzene rings is 1. The van der Waals surface area contributed by atoms with Gasteiger partial charge in [0.2, 0.25) is 0 Å². The highest BCUT2D eigenvalue weighted by Gasteiger charge is 2.24. The van der Waals surface area contributed by atoms with Crippen molar-refractivity contribution in [1.29, 1.82) is 0 Å². The number of rotatable bonds is 3. The van der Waals surface area contributed by atoms with Crippen LogP contribution in [-0.4, -0.2) is 31.1 Å². The molecule has 0 aliphatic carbocycles. The fourth-order valence-corrected chi connectivity index (χ4v) is 2.82. The van der Waals surface area contributed by atoms with Crippen LogP contribution in [0.1, 0.15) is 24.8 Å². The molecule has 0 spiro atoms. The fourth-order valence-electron chi connectivity index (χ4n) is 2.82. The highest BCUT2D eigenvalue weighted by Crippen LogP contribution is 2.33. The van der Waals surface area contributed by atoms with E-state index in [1.807, 2.05) is 20.0 Å². The molecule has 19 heavy (non-hydrogen) atoms. The van der Waals surface area contributed by atoms with Gasteiger partial charge in [0.05, 0.1) is 4.92 Å². The summed E-state index contributed by atoms with van der Waals surface area (Å²) >= 11 is 0. The van der Waals surface area contributed by atoms with Crippen LogP contribution in [0.3, 0.4) is 0 Å². The van der Waals surface area contributed by atoms with Gasteiger partial charge in [0, 0.05) is 19.2 Å². The molecule has 1 aromatic carbocycles. The monoisotopic (exact) mass is 263 g/mol. The van der Waals surface area contributed by atoms with Crippen LogP contribution in [0.15, 0.2) is 18.2 Å². The molecule has 1 aliphatic heterocycles. The SMILES string of the molecule is Cc1cccc([N+](=O)[O-])c1N(C)C1CCCNCC1. The van der Waals surface area contributed by atoms with Crippen molar-refractivity contribution in [3.05, 3.63) is 33.9 Å². The summed E-state index contributed by atoms with van der Waals surface area (Å²) in [6.07, 6.45) is 3.23. The summed E-state index contributed by atoms with van der Waals surface area (Å²) in [6, 6.07) is 5.65. The van der Waals surface area contributed by atoms with Crippen molar-refractivity contribution in [3.63, 3.8) is 0 Å². The number of nitro benzene ring substituents is 1. The van der Waals surface area contributed by atoms with E-state index in [1.54, 1.807) is 12.1 Å². The van der Waals surface area contributed by atoms with Crippen molar-refractivity contribution in [2.75, 3.05) is 25.0 Å². The van der Waals surface area contributed by atoms with Crippen molar-refractivity contribution >= 4 is 11.4 Å². The standard InChI is InChI=1S/C14H21N3O2/c1-11-5-3-7-13(17(18)19)14(11)16(2)12-6-4-9-15-10-8-12/h3,5,7,12,15H,4,6,8-10H2,1-2H3. The molecular formula is C14H21N3O2. The quantitative estimate of drug-likeness (QED) is 0.672. The molecule has 1 N–H and O–H groups in total. The Kier molecular flexibility index (Phi) is 4.37. The fraction of sp³-hybridized carbons (Fsp3) is 0.571. The maximum absolute atomic E-state index is 11.2. The smallest absolute Gasteiger partial charge is 0.292 e. The van der Waals surface area contributed by atoms with Gasteiger partial charge in [-0.15, -0.1) is 0 Å². The molecule has 0 saturated carbocycles. The van der Waals surface area contributed by atoms with Crippen LogP contribution in [0.5, 0.6) is 0 Å². The van der Waals surface area contributed by atoms with Gasteiger partial charge in [-0.2, -0.15) is 0 Å². The normalized spacial score (nSPS) is 19.8. The van der Waals surface area contributed by atoms with Crippen molar-refractivity contribution in [3.8, 4) is 0 Å². The zero-order valence-electron chi connectivity index (χ0n) is 11.6. The van der Waals surface area contributed by atoms with E-state index >= 15 is 0 Å². The number of nitrogens with zero attached hydrogens (tertiary/aromatic N) is 2. The molecule has 1 fully saturated rings. The summed E-state index contributed by atoms with van der Waals surface area (Å²) in [4.78, 5) is 13.0. The number of nitro groups is 1. The lowest BCUT2D eigenvalue weighted by Gasteiger charge is -2.29. The van der Waals surface area contributed by atoms with Gasteiger partial charge in [-0.1, -0.05) is 12.1 Å². The van der Waals surface area contributed by atoms with E-state index in [0.717, 1.165) is 43.6 Å². The Morgan fingerprint density at radius 3 is 2.89 bits per heavy atom. The molecule has 1 atom stereocenters. The molecule has 0 amide bonds. The Hall–Kier alpha value is -1.62. The Morgan fingerprint density at radius 2 is 2.16 bits per heavy atom. The third-order valence-electron chi connectivity index (χ3n) is 3.86. The first-order valence-corrected chi connectivity index (χ1v) is 6.79. The van der Waals surface area contributed by atoms with Crippen molar-refractivity contribution in [2.45, 2.75) is 32.2 Å². The van der Waals surface area contributed by atoms with E-state index in [1.165, 1.54) is 0 Å². The van der Waals surface area contributed by atoms with Gasteiger partial charge in [-0.05, 0) is 44.8 Å². The first kappa shape index (κ1) is 13.8. The number of para-hydroxylation sites is 1. The van der Waals surface area contributed by atoms with Crippen LogP contribution in [0.25, 0.3) is 0 Å². The van der Waals surface area contributed by atoms with Crippen molar-refractivity contribution < 1.29 is 4.92 Å². The van der Waals surface area contributed by atoms with E-state index in [4.69, 9.17) is 0 Å². The minimum Gasteiger partial charge on any atom is -0.366 e. The number of anilines is 1. The molecule has 1 aliphatic rings. The van der Waals surface area contributed by atoms with Crippen LogP contribution in [0.2, 0.25) is 0 Å². The van der Waals surface area contributed by atoms with Gasteiger partial charge in [-0.3, -0.25) is 10.1 Å². The molecule has 2 rings (SSSR count). The molecule has 104 valence electrons. The molecule has 1 heterocycles. The van der Waals surface area contributed by atoms with E-state index in [0.29, 0.717) is 6.04 Å². The Balaban J connectivity index is 2.31. The van der Waals surface area contributed by atoms with Crippen LogP contribution in [-0.2, 0) is 0 Å². The van der Waals surface area contributed by atoms with Crippen LogP contribution in [0.4, 0.5) is 11.4 Å². The van der Waals surface area contributed by atoms with Gasteiger partial charge < -0.3 is 10.2 Å². The Morgan fingerprint density at radius 1 is 1.37 bits per heavy atom. The van der Waals surface area contributed by atoms with Gasteiger partial charge in [0.25, 0.3) is 5.69 Å². The largest absolute Gasteiger partial charge is 0.366 e. The summed E-state index contributed by atoms with van der Waals surface area (Å²) < 4.78 is 0. The molecule has 1 saturated heterocycles. The van der Waals surface area contributed by atoms with E-state index in [2.05, 4.69) is 10.2 Å². The first-order valence-electron chi connectivity index (χ1n) is 6.79. The minimum absolute atomic E-state index is 0.208. The highest BCUT2D eigenvalue weighted by molar-refractivity contribution is 5.67. The lowest BCUT2D eigenvalue weighted by Crippen LogP contribution is -2.33. The minimum atomic E-state index is -0.284. The number of hydrogen-bond donors (Lipinski definition) is 1. The van der Waals surface area contributed by atoms with E-state index in [-0.39, 0.29) is 10.6 Å². The average molecular weight is 263 g/mol.